The van der Waals surface area contributed by atoms with E-state index in [0.29, 0.717) is 5.92 Å². The highest BCUT2D eigenvalue weighted by Crippen LogP contribution is 2.36. The molecule has 0 aromatic heterocycles. The normalized spacial score (nSPS) is 31.1. The van der Waals surface area contributed by atoms with Gasteiger partial charge in [0.25, 0.3) is 5.91 Å². The minimum atomic E-state index is -0.666. The molecule has 2 N–H and O–H groups in total. The lowest BCUT2D eigenvalue weighted by Crippen LogP contribution is -2.49. The first kappa shape index (κ1) is 14.3. The second kappa shape index (κ2) is 5.88. The molecule has 0 radical (unpaired) electrons. The SMILES string of the molecule is CC1CCC2(CC1)NC(=O)N(CCOCCO)C2=O. The summed E-state index contributed by atoms with van der Waals surface area (Å²) in [4.78, 5) is 25.5. The van der Waals surface area contributed by atoms with Crippen molar-refractivity contribution in [3.63, 3.8) is 0 Å². The highest BCUT2D eigenvalue weighted by atomic mass is 16.5. The van der Waals surface area contributed by atoms with Gasteiger partial charge in [0, 0.05) is 0 Å². The summed E-state index contributed by atoms with van der Waals surface area (Å²) >= 11 is 0. The number of aliphatic hydroxyl groups is 1. The summed E-state index contributed by atoms with van der Waals surface area (Å²) in [5.74, 6) is 0.509. The Labute approximate surface area is 113 Å². The molecule has 6 heteroatoms. The summed E-state index contributed by atoms with van der Waals surface area (Å²) < 4.78 is 5.11. The van der Waals surface area contributed by atoms with Gasteiger partial charge < -0.3 is 15.2 Å². The molecular formula is C13H22N2O4. The van der Waals surface area contributed by atoms with E-state index < -0.39 is 5.54 Å². The molecule has 2 rings (SSSR count). The maximum Gasteiger partial charge on any atom is 0.325 e. The molecule has 0 unspecified atom stereocenters. The number of rotatable bonds is 5. The average molecular weight is 270 g/mol. The fourth-order valence-electron chi connectivity index (χ4n) is 2.80. The van der Waals surface area contributed by atoms with Crippen LogP contribution in [0.25, 0.3) is 0 Å². The van der Waals surface area contributed by atoms with Crippen molar-refractivity contribution in [3.05, 3.63) is 0 Å². The van der Waals surface area contributed by atoms with Gasteiger partial charge in [-0.2, -0.15) is 0 Å². The zero-order valence-corrected chi connectivity index (χ0v) is 11.4. The van der Waals surface area contributed by atoms with Gasteiger partial charge in [0.1, 0.15) is 5.54 Å². The summed E-state index contributed by atoms with van der Waals surface area (Å²) in [5, 5.41) is 11.5. The Morgan fingerprint density at radius 2 is 2.05 bits per heavy atom. The van der Waals surface area contributed by atoms with Crippen molar-refractivity contribution in [1.82, 2.24) is 10.2 Å². The van der Waals surface area contributed by atoms with Crippen LogP contribution in [-0.4, -0.2) is 53.8 Å². The van der Waals surface area contributed by atoms with Gasteiger partial charge in [0.2, 0.25) is 0 Å². The molecule has 3 amide bonds. The Balaban J connectivity index is 1.92. The van der Waals surface area contributed by atoms with Gasteiger partial charge in [0.05, 0.1) is 26.4 Å². The fourth-order valence-corrected chi connectivity index (χ4v) is 2.80. The van der Waals surface area contributed by atoms with Crippen LogP contribution in [0.3, 0.4) is 0 Å². The van der Waals surface area contributed by atoms with E-state index in [2.05, 4.69) is 12.2 Å². The maximum atomic E-state index is 12.4. The van der Waals surface area contributed by atoms with Crippen molar-refractivity contribution in [2.45, 2.75) is 38.1 Å². The van der Waals surface area contributed by atoms with Crippen LogP contribution in [-0.2, 0) is 9.53 Å². The standard InChI is InChI=1S/C13H22N2O4/c1-10-2-4-13(5-3-10)11(17)15(12(18)14-13)6-8-19-9-7-16/h10,16H,2-9H2,1H3,(H,14,18). The molecule has 2 aliphatic rings. The second-order valence-corrected chi connectivity index (χ2v) is 5.49. The van der Waals surface area contributed by atoms with E-state index in [-0.39, 0.29) is 38.3 Å². The van der Waals surface area contributed by atoms with Crippen LogP contribution in [0.2, 0.25) is 0 Å². The number of ether oxygens (including phenoxy) is 1. The molecule has 1 saturated heterocycles. The van der Waals surface area contributed by atoms with Gasteiger partial charge in [-0.15, -0.1) is 0 Å². The molecule has 1 heterocycles. The molecule has 108 valence electrons. The number of imide groups is 1. The van der Waals surface area contributed by atoms with Crippen LogP contribution in [0.5, 0.6) is 0 Å². The van der Waals surface area contributed by atoms with Gasteiger partial charge in [-0.1, -0.05) is 6.92 Å². The van der Waals surface area contributed by atoms with E-state index in [4.69, 9.17) is 9.84 Å². The van der Waals surface area contributed by atoms with E-state index in [9.17, 15) is 9.59 Å². The number of aliphatic hydroxyl groups excluding tert-OH is 1. The van der Waals surface area contributed by atoms with Crippen LogP contribution in [0.1, 0.15) is 32.6 Å². The highest BCUT2D eigenvalue weighted by Gasteiger charge is 2.51. The first-order valence-corrected chi connectivity index (χ1v) is 6.92. The molecule has 1 aliphatic carbocycles. The lowest BCUT2D eigenvalue weighted by Gasteiger charge is -2.33. The summed E-state index contributed by atoms with van der Waals surface area (Å²) in [6.07, 6.45) is 3.40. The molecule has 1 aliphatic heterocycles. The van der Waals surface area contributed by atoms with E-state index in [1.54, 1.807) is 0 Å². The quantitative estimate of drug-likeness (QED) is 0.563. The second-order valence-electron chi connectivity index (χ2n) is 5.49. The molecule has 6 nitrogen and oxygen atoms in total. The smallest absolute Gasteiger partial charge is 0.325 e. The van der Waals surface area contributed by atoms with Crippen molar-refractivity contribution in [2.75, 3.05) is 26.4 Å². The highest BCUT2D eigenvalue weighted by molar-refractivity contribution is 6.07. The topological polar surface area (TPSA) is 78.9 Å². The molecule has 2 fully saturated rings. The van der Waals surface area contributed by atoms with Crippen LogP contribution >= 0.6 is 0 Å². The number of amides is 3. The van der Waals surface area contributed by atoms with E-state index in [0.717, 1.165) is 25.7 Å². The summed E-state index contributed by atoms with van der Waals surface area (Å²) in [5.41, 5.74) is -0.666. The summed E-state index contributed by atoms with van der Waals surface area (Å²) in [7, 11) is 0. The number of hydrogen-bond acceptors (Lipinski definition) is 4. The largest absolute Gasteiger partial charge is 0.394 e. The number of nitrogens with zero attached hydrogens (tertiary/aromatic N) is 1. The van der Waals surface area contributed by atoms with Gasteiger partial charge >= 0.3 is 6.03 Å². The minimum absolute atomic E-state index is 0.0536. The van der Waals surface area contributed by atoms with Crippen LogP contribution < -0.4 is 5.32 Å². The van der Waals surface area contributed by atoms with Crippen molar-refractivity contribution in [3.8, 4) is 0 Å². The number of carbonyl (C=O) groups is 2. The van der Waals surface area contributed by atoms with Gasteiger partial charge in [-0.3, -0.25) is 9.69 Å². The number of urea groups is 1. The molecule has 1 spiro atoms. The summed E-state index contributed by atoms with van der Waals surface area (Å²) in [6.45, 7) is 2.87. The minimum Gasteiger partial charge on any atom is -0.394 e. The fraction of sp³-hybridized carbons (Fsp3) is 0.846. The Morgan fingerprint density at radius 1 is 1.37 bits per heavy atom. The first-order chi connectivity index (χ1) is 9.09. The molecule has 19 heavy (non-hydrogen) atoms. The Morgan fingerprint density at radius 3 is 2.68 bits per heavy atom. The van der Waals surface area contributed by atoms with Crippen LogP contribution in [0.4, 0.5) is 4.79 Å². The third-order valence-electron chi connectivity index (χ3n) is 4.07. The molecule has 1 saturated carbocycles. The number of carbonyl (C=O) groups excluding carboxylic acids is 2. The van der Waals surface area contributed by atoms with Crippen LogP contribution in [0, 0.1) is 5.92 Å². The molecule has 0 aromatic rings. The van der Waals surface area contributed by atoms with Crippen molar-refractivity contribution in [2.24, 2.45) is 5.92 Å². The molecule has 0 atom stereocenters. The summed E-state index contributed by atoms with van der Waals surface area (Å²) in [6, 6.07) is -0.313. The maximum absolute atomic E-state index is 12.4. The average Bonchev–Trinajstić information content (AvgIpc) is 2.62. The number of hydrogen-bond donors (Lipinski definition) is 2. The molecule has 0 aromatic carbocycles. The van der Waals surface area contributed by atoms with E-state index in [1.165, 1.54) is 4.90 Å². The van der Waals surface area contributed by atoms with Gasteiger partial charge in [-0.05, 0) is 31.6 Å². The first-order valence-electron chi connectivity index (χ1n) is 6.92. The monoisotopic (exact) mass is 270 g/mol. The predicted octanol–water partition coefficient (Wildman–Crippen LogP) is 0.496. The number of nitrogens with one attached hydrogen (secondary N) is 1. The third kappa shape index (κ3) is 2.90. The zero-order valence-electron chi connectivity index (χ0n) is 11.4. The van der Waals surface area contributed by atoms with Gasteiger partial charge in [-0.25, -0.2) is 4.79 Å². The lowest BCUT2D eigenvalue weighted by atomic mass is 9.77. The van der Waals surface area contributed by atoms with Crippen molar-refractivity contribution < 1.29 is 19.4 Å². The third-order valence-corrected chi connectivity index (χ3v) is 4.07. The van der Waals surface area contributed by atoms with E-state index in [1.807, 2.05) is 0 Å². The van der Waals surface area contributed by atoms with Gasteiger partial charge in [0.15, 0.2) is 0 Å². The van der Waals surface area contributed by atoms with Crippen molar-refractivity contribution >= 4 is 11.9 Å². The Kier molecular flexibility index (Phi) is 4.42. The Bertz CT molecular complexity index is 351. The van der Waals surface area contributed by atoms with Crippen LogP contribution in [0.15, 0.2) is 0 Å². The lowest BCUT2D eigenvalue weighted by molar-refractivity contribution is -0.133. The van der Waals surface area contributed by atoms with Crippen molar-refractivity contribution in [1.29, 1.82) is 0 Å². The van der Waals surface area contributed by atoms with E-state index >= 15 is 0 Å². The zero-order chi connectivity index (χ0) is 13.9. The predicted molar refractivity (Wildman–Crippen MR) is 68.5 cm³/mol. The molecular weight excluding hydrogens is 248 g/mol. The molecule has 0 bridgehead atoms. The Hall–Kier alpha value is -1.14.